The first kappa shape index (κ1) is 39.0. The van der Waals surface area contributed by atoms with Crippen LogP contribution in [0, 0.1) is 21.7 Å². The first-order chi connectivity index (χ1) is 18.9. The van der Waals surface area contributed by atoms with E-state index in [4.69, 9.17) is 28.1 Å². The average Bonchev–Trinajstić information content (AvgIpc) is 2.77. The lowest BCUT2D eigenvalue weighted by Crippen LogP contribution is -2.65. The molecular weight excluding hydrogens is 572 g/mol. The van der Waals surface area contributed by atoms with Gasteiger partial charge in [-0.2, -0.15) is 0 Å². The van der Waals surface area contributed by atoms with E-state index in [9.17, 15) is 19.2 Å². The van der Waals surface area contributed by atoms with Crippen LogP contribution in [0.15, 0.2) is 0 Å². The highest BCUT2D eigenvalue weighted by Gasteiger charge is 2.56. The number of esters is 4. The number of carbonyl (C=O) groups is 4. The van der Waals surface area contributed by atoms with Crippen molar-refractivity contribution in [1.29, 1.82) is 0 Å². The van der Waals surface area contributed by atoms with Crippen molar-refractivity contribution in [2.45, 2.75) is 153 Å². The van der Waals surface area contributed by atoms with Gasteiger partial charge in [-0.25, -0.2) is 0 Å². The Kier molecular flexibility index (Phi) is 12.0. The molecule has 1 aliphatic heterocycles. The molecule has 0 aromatic carbocycles. The molecule has 10 nitrogen and oxygen atoms in total. The van der Waals surface area contributed by atoms with E-state index in [2.05, 4.69) is 33.9 Å². The molecule has 0 spiro atoms. The van der Waals surface area contributed by atoms with E-state index in [0.29, 0.717) is 0 Å². The third-order valence-electron chi connectivity index (χ3n) is 7.41. The van der Waals surface area contributed by atoms with Crippen molar-refractivity contribution >= 4 is 32.2 Å². The zero-order chi connectivity index (χ0) is 34.1. The average molecular weight is 631 g/mol. The normalized spacial score (nSPS) is 24.2. The van der Waals surface area contributed by atoms with Crippen molar-refractivity contribution in [1.82, 2.24) is 0 Å². The Hall–Kier alpha value is -1.98. The second kappa shape index (κ2) is 13.2. The predicted molar refractivity (Wildman–Crippen MR) is 165 cm³/mol. The second-order valence-corrected chi connectivity index (χ2v) is 21.9. The predicted octanol–water partition coefficient (Wildman–Crippen LogP) is 6.20. The maximum Gasteiger partial charge on any atom is 0.313 e. The van der Waals surface area contributed by atoms with Gasteiger partial charge < -0.3 is 28.1 Å². The topological polar surface area (TPSA) is 124 Å². The molecule has 1 fully saturated rings. The maximum absolute atomic E-state index is 13.4. The Morgan fingerprint density at radius 2 is 0.860 bits per heavy atom. The Bertz CT molecular complexity index is 1020. The van der Waals surface area contributed by atoms with Crippen LogP contribution in [-0.4, -0.2) is 69.5 Å². The third-order valence-corrected chi connectivity index (χ3v) is 11.9. The summed E-state index contributed by atoms with van der Waals surface area (Å²) in [5.74, 6) is -2.48. The lowest BCUT2D eigenvalue weighted by atomic mass is 9.93. The van der Waals surface area contributed by atoms with Gasteiger partial charge in [0.25, 0.3) is 0 Å². The molecule has 0 bridgehead atoms. The number of hydrogen-bond acceptors (Lipinski definition) is 10. The van der Waals surface area contributed by atoms with Gasteiger partial charge in [0, 0.05) is 0 Å². The smallest absolute Gasteiger partial charge is 0.313 e. The number of rotatable bonds is 7. The van der Waals surface area contributed by atoms with Crippen molar-refractivity contribution in [3.63, 3.8) is 0 Å². The van der Waals surface area contributed by atoms with Crippen molar-refractivity contribution in [3.8, 4) is 0 Å². The lowest BCUT2D eigenvalue weighted by molar-refractivity contribution is -0.305. The maximum atomic E-state index is 13.4. The van der Waals surface area contributed by atoms with Crippen LogP contribution in [0.2, 0.25) is 18.1 Å². The van der Waals surface area contributed by atoms with Crippen LogP contribution in [0.25, 0.3) is 0 Å². The molecule has 0 aliphatic carbocycles. The minimum Gasteiger partial charge on any atom is -0.455 e. The quantitative estimate of drug-likeness (QED) is 0.183. The molecule has 43 heavy (non-hydrogen) atoms. The molecule has 1 saturated heterocycles. The molecule has 0 aromatic heterocycles. The Labute approximate surface area is 260 Å². The molecule has 0 aromatic rings. The SMILES string of the molecule is CC(C)(C)C(=O)O[C@@H]1O[C@H](CO[Si](C)(C)C(C)(C)C)[C@@H](OC(=O)C(C)(C)C)[C@H](OC(=O)C(C)(C)C)[C@H]1OC(=O)C(C)(C)C. The van der Waals surface area contributed by atoms with Crippen molar-refractivity contribution in [3.05, 3.63) is 0 Å². The highest BCUT2D eigenvalue weighted by Crippen LogP contribution is 2.39. The standard InChI is InChI=1S/C32H58O10Si/c1-28(2,3)24(33)39-20-19(18-37-43(16,17)32(13,14)15)38-23(42-27(36)31(10,11)12)22(41-26(35)30(7,8)9)21(20)40-25(34)29(4,5)6/h19-23H,18H2,1-17H3/t19-,20-,21+,22-,23+/m1/s1. The fourth-order valence-electron chi connectivity index (χ4n) is 3.20. The molecule has 0 N–H and O–H groups in total. The molecule has 1 rings (SSSR count). The Morgan fingerprint density at radius 1 is 0.535 bits per heavy atom. The highest BCUT2D eigenvalue weighted by molar-refractivity contribution is 6.74. The number of ether oxygens (including phenoxy) is 5. The molecule has 1 aliphatic rings. The first-order valence-corrected chi connectivity index (χ1v) is 17.9. The van der Waals surface area contributed by atoms with Crippen LogP contribution < -0.4 is 0 Å². The van der Waals surface area contributed by atoms with E-state index >= 15 is 0 Å². The zero-order valence-electron chi connectivity index (χ0n) is 29.7. The van der Waals surface area contributed by atoms with E-state index in [1.54, 1.807) is 83.1 Å². The van der Waals surface area contributed by atoms with Crippen molar-refractivity contribution in [2.24, 2.45) is 21.7 Å². The molecule has 250 valence electrons. The summed E-state index contributed by atoms with van der Waals surface area (Å²) < 4.78 is 36.6. The van der Waals surface area contributed by atoms with Crippen molar-refractivity contribution in [2.75, 3.05) is 6.61 Å². The van der Waals surface area contributed by atoms with Gasteiger partial charge in [0.2, 0.25) is 12.4 Å². The summed E-state index contributed by atoms with van der Waals surface area (Å²) in [6.07, 6.45) is -6.56. The van der Waals surface area contributed by atoms with E-state index in [1.165, 1.54) is 0 Å². The minimum absolute atomic E-state index is 0.0499. The molecule has 0 unspecified atom stereocenters. The van der Waals surface area contributed by atoms with Gasteiger partial charge in [-0.3, -0.25) is 19.2 Å². The number of carbonyl (C=O) groups excluding carboxylic acids is 4. The largest absolute Gasteiger partial charge is 0.455 e. The molecule has 11 heteroatoms. The number of hydrogen-bond donors (Lipinski definition) is 0. The summed E-state index contributed by atoms with van der Waals surface area (Å²) >= 11 is 0. The van der Waals surface area contributed by atoms with Gasteiger partial charge in [0.05, 0.1) is 28.3 Å². The summed E-state index contributed by atoms with van der Waals surface area (Å²) in [5.41, 5.74) is -3.77. The summed E-state index contributed by atoms with van der Waals surface area (Å²) in [7, 11) is -2.35. The summed E-state index contributed by atoms with van der Waals surface area (Å²) in [6, 6.07) is 0. The van der Waals surface area contributed by atoms with Gasteiger partial charge >= 0.3 is 23.9 Å². The van der Waals surface area contributed by atoms with Crippen LogP contribution >= 0.6 is 0 Å². The fourth-order valence-corrected chi connectivity index (χ4v) is 4.21. The first-order valence-electron chi connectivity index (χ1n) is 15.0. The van der Waals surface area contributed by atoms with Gasteiger partial charge in [0.15, 0.2) is 20.5 Å². The van der Waals surface area contributed by atoms with Crippen molar-refractivity contribution < 1.29 is 47.3 Å². The van der Waals surface area contributed by atoms with E-state index in [-0.39, 0.29) is 11.6 Å². The summed E-state index contributed by atoms with van der Waals surface area (Å²) in [6.45, 7) is 30.5. The van der Waals surface area contributed by atoms with E-state index in [1.807, 2.05) is 0 Å². The Morgan fingerprint density at radius 3 is 1.21 bits per heavy atom. The molecule has 0 radical (unpaired) electrons. The highest BCUT2D eigenvalue weighted by atomic mass is 28.4. The van der Waals surface area contributed by atoms with Crippen LogP contribution in [0.3, 0.4) is 0 Å². The van der Waals surface area contributed by atoms with E-state index < -0.39 is 84.6 Å². The van der Waals surface area contributed by atoms with Crippen LogP contribution in [0.4, 0.5) is 0 Å². The van der Waals surface area contributed by atoms with Gasteiger partial charge in [-0.1, -0.05) is 20.8 Å². The monoisotopic (exact) mass is 630 g/mol. The van der Waals surface area contributed by atoms with Crippen LogP contribution in [0.1, 0.15) is 104 Å². The Balaban J connectivity index is 3.86. The van der Waals surface area contributed by atoms with Crippen LogP contribution in [-0.2, 0) is 47.3 Å². The van der Waals surface area contributed by atoms with Gasteiger partial charge in [-0.15, -0.1) is 0 Å². The molecule has 0 amide bonds. The molecule has 5 atom stereocenters. The third kappa shape index (κ3) is 10.8. The zero-order valence-corrected chi connectivity index (χ0v) is 30.7. The van der Waals surface area contributed by atoms with Gasteiger partial charge in [-0.05, 0) is 101 Å². The second-order valence-electron chi connectivity index (χ2n) is 17.1. The van der Waals surface area contributed by atoms with Gasteiger partial charge in [0.1, 0.15) is 6.10 Å². The molecular formula is C32H58O10Si. The summed E-state index contributed by atoms with van der Waals surface area (Å²) in [4.78, 5) is 53.0. The lowest BCUT2D eigenvalue weighted by Gasteiger charge is -2.47. The van der Waals surface area contributed by atoms with Crippen LogP contribution in [0.5, 0.6) is 0 Å². The van der Waals surface area contributed by atoms with E-state index in [0.717, 1.165) is 0 Å². The molecule has 0 saturated carbocycles. The minimum atomic E-state index is -2.35. The fraction of sp³-hybridized carbons (Fsp3) is 0.875. The molecule has 1 heterocycles. The summed E-state index contributed by atoms with van der Waals surface area (Å²) in [5, 5.41) is -0.153.